The molecule has 1 unspecified atom stereocenters. The SMILES string of the molecule is CNC1CCc2c(cccc2C(N)=O)O1. The number of benzene rings is 1. The van der Waals surface area contributed by atoms with E-state index in [1.165, 1.54) is 0 Å². The van der Waals surface area contributed by atoms with Crippen molar-refractivity contribution in [3.05, 3.63) is 29.3 Å². The van der Waals surface area contributed by atoms with Crippen LogP contribution in [0, 0.1) is 0 Å². The third-order valence-corrected chi connectivity index (χ3v) is 2.65. The van der Waals surface area contributed by atoms with Crippen molar-refractivity contribution in [1.29, 1.82) is 0 Å². The number of carbonyl (C=O) groups excluding carboxylic acids is 1. The highest BCUT2D eigenvalue weighted by Crippen LogP contribution is 2.29. The third kappa shape index (κ3) is 1.80. The summed E-state index contributed by atoms with van der Waals surface area (Å²) in [5.74, 6) is 0.371. The van der Waals surface area contributed by atoms with E-state index in [4.69, 9.17) is 10.5 Å². The predicted molar refractivity (Wildman–Crippen MR) is 56.8 cm³/mol. The molecular formula is C11H14N2O2. The molecule has 4 heteroatoms. The third-order valence-electron chi connectivity index (χ3n) is 2.65. The topological polar surface area (TPSA) is 64.3 Å². The summed E-state index contributed by atoms with van der Waals surface area (Å²) in [5, 5.41) is 3.06. The summed E-state index contributed by atoms with van der Waals surface area (Å²) in [6.07, 6.45) is 1.70. The highest BCUT2D eigenvalue weighted by molar-refractivity contribution is 5.95. The van der Waals surface area contributed by atoms with E-state index in [1.54, 1.807) is 12.1 Å². The summed E-state index contributed by atoms with van der Waals surface area (Å²) in [6, 6.07) is 5.40. The number of nitrogens with one attached hydrogen (secondary N) is 1. The minimum Gasteiger partial charge on any atom is -0.475 e. The van der Waals surface area contributed by atoms with E-state index in [0.717, 1.165) is 24.2 Å². The van der Waals surface area contributed by atoms with E-state index in [9.17, 15) is 4.79 Å². The van der Waals surface area contributed by atoms with Crippen LogP contribution in [-0.4, -0.2) is 19.2 Å². The van der Waals surface area contributed by atoms with Crippen molar-refractivity contribution >= 4 is 5.91 Å². The Morgan fingerprint density at radius 2 is 2.40 bits per heavy atom. The Morgan fingerprint density at radius 1 is 1.60 bits per heavy atom. The van der Waals surface area contributed by atoms with Gasteiger partial charge in [-0.2, -0.15) is 0 Å². The number of hydrogen-bond donors (Lipinski definition) is 2. The van der Waals surface area contributed by atoms with Crippen LogP contribution in [0.1, 0.15) is 22.3 Å². The van der Waals surface area contributed by atoms with Crippen LogP contribution in [0.15, 0.2) is 18.2 Å². The Bertz CT molecular complexity index is 390. The van der Waals surface area contributed by atoms with Crippen molar-refractivity contribution in [1.82, 2.24) is 5.32 Å². The van der Waals surface area contributed by atoms with Crippen LogP contribution in [0.2, 0.25) is 0 Å². The maximum absolute atomic E-state index is 11.2. The largest absolute Gasteiger partial charge is 0.475 e. The fraction of sp³-hybridized carbons (Fsp3) is 0.364. The van der Waals surface area contributed by atoms with Gasteiger partial charge in [0.1, 0.15) is 12.0 Å². The van der Waals surface area contributed by atoms with Gasteiger partial charge in [0, 0.05) is 17.5 Å². The summed E-state index contributed by atoms with van der Waals surface area (Å²) in [4.78, 5) is 11.2. The van der Waals surface area contributed by atoms with Crippen LogP contribution >= 0.6 is 0 Å². The molecule has 0 spiro atoms. The molecule has 1 aliphatic heterocycles. The van der Waals surface area contributed by atoms with Gasteiger partial charge >= 0.3 is 0 Å². The lowest BCUT2D eigenvalue weighted by atomic mass is 9.98. The summed E-state index contributed by atoms with van der Waals surface area (Å²) >= 11 is 0. The lowest BCUT2D eigenvalue weighted by molar-refractivity contribution is 0.0994. The fourth-order valence-corrected chi connectivity index (χ4v) is 1.86. The van der Waals surface area contributed by atoms with E-state index in [2.05, 4.69) is 5.32 Å². The zero-order chi connectivity index (χ0) is 10.8. The van der Waals surface area contributed by atoms with Gasteiger partial charge in [0.25, 0.3) is 0 Å². The first-order valence-corrected chi connectivity index (χ1v) is 4.98. The second kappa shape index (κ2) is 3.90. The number of hydrogen-bond acceptors (Lipinski definition) is 3. The van der Waals surface area contributed by atoms with Crippen molar-refractivity contribution in [2.75, 3.05) is 7.05 Å². The highest BCUT2D eigenvalue weighted by Gasteiger charge is 2.21. The Hall–Kier alpha value is -1.55. The number of fused-ring (bicyclic) bond motifs is 1. The zero-order valence-corrected chi connectivity index (χ0v) is 8.62. The molecule has 15 heavy (non-hydrogen) atoms. The average molecular weight is 206 g/mol. The molecule has 0 saturated carbocycles. The molecule has 1 heterocycles. The van der Waals surface area contributed by atoms with Crippen LogP contribution in [-0.2, 0) is 6.42 Å². The normalized spacial score (nSPS) is 19.1. The molecule has 1 aromatic carbocycles. The van der Waals surface area contributed by atoms with Crippen molar-refractivity contribution < 1.29 is 9.53 Å². The Kier molecular flexibility index (Phi) is 2.60. The molecule has 1 aliphatic rings. The number of amides is 1. The Balaban J connectivity index is 2.37. The summed E-state index contributed by atoms with van der Waals surface area (Å²) < 4.78 is 5.65. The van der Waals surface area contributed by atoms with E-state index < -0.39 is 5.91 Å². The first-order valence-electron chi connectivity index (χ1n) is 4.98. The number of rotatable bonds is 2. The summed E-state index contributed by atoms with van der Waals surface area (Å²) in [7, 11) is 1.85. The minimum absolute atomic E-state index is 0.0284. The molecule has 0 aliphatic carbocycles. The van der Waals surface area contributed by atoms with E-state index in [1.807, 2.05) is 13.1 Å². The van der Waals surface area contributed by atoms with E-state index >= 15 is 0 Å². The van der Waals surface area contributed by atoms with Gasteiger partial charge in [0.15, 0.2) is 0 Å². The number of carbonyl (C=O) groups is 1. The standard InChI is InChI=1S/C11H14N2O2/c1-13-10-6-5-7-8(11(12)14)3-2-4-9(7)15-10/h2-4,10,13H,5-6H2,1H3,(H2,12,14). The molecule has 4 nitrogen and oxygen atoms in total. The molecule has 1 atom stereocenters. The molecule has 0 radical (unpaired) electrons. The number of primary amides is 1. The van der Waals surface area contributed by atoms with Crippen LogP contribution in [0.5, 0.6) is 5.75 Å². The second-order valence-electron chi connectivity index (χ2n) is 3.58. The van der Waals surface area contributed by atoms with Crippen molar-refractivity contribution in [2.45, 2.75) is 19.1 Å². The maximum Gasteiger partial charge on any atom is 0.249 e. The molecule has 0 fully saturated rings. The van der Waals surface area contributed by atoms with Gasteiger partial charge in [-0.1, -0.05) is 6.07 Å². The van der Waals surface area contributed by atoms with E-state index in [-0.39, 0.29) is 6.23 Å². The summed E-state index contributed by atoms with van der Waals surface area (Å²) in [6.45, 7) is 0. The Morgan fingerprint density at radius 3 is 3.07 bits per heavy atom. The molecule has 2 rings (SSSR count). The number of nitrogens with two attached hydrogens (primary N) is 1. The van der Waals surface area contributed by atoms with Gasteiger partial charge in [0.05, 0.1) is 0 Å². The van der Waals surface area contributed by atoms with Gasteiger partial charge in [-0.15, -0.1) is 0 Å². The first kappa shape index (κ1) is 9.98. The summed E-state index contributed by atoms with van der Waals surface area (Å²) in [5.41, 5.74) is 6.79. The molecule has 0 bridgehead atoms. The maximum atomic E-state index is 11.2. The molecule has 0 aromatic heterocycles. The van der Waals surface area contributed by atoms with Gasteiger partial charge < -0.3 is 10.5 Å². The van der Waals surface area contributed by atoms with E-state index in [0.29, 0.717) is 5.56 Å². The van der Waals surface area contributed by atoms with Crippen LogP contribution in [0.3, 0.4) is 0 Å². The minimum atomic E-state index is -0.390. The molecule has 1 aromatic rings. The molecule has 1 amide bonds. The lowest BCUT2D eigenvalue weighted by Crippen LogP contribution is -2.35. The van der Waals surface area contributed by atoms with Gasteiger partial charge in [-0.05, 0) is 25.6 Å². The van der Waals surface area contributed by atoms with Gasteiger partial charge in [0.2, 0.25) is 5.91 Å². The molecule has 3 N–H and O–H groups in total. The van der Waals surface area contributed by atoms with Crippen molar-refractivity contribution in [2.24, 2.45) is 5.73 Å². The quantitative estimate of drug-likeness (QED) is 0.747. The van der Waals surface area contributed by atoms with Crippen molar-refractivity contribution in [3.8, 4) is 5.75 Å². The van der Waals surface area contributed by atoms with Gasteiger partial charge in [-0.25, -0.2) is 0 Å². The molecule has 80 valence electrons. The second-order valence-corrected chi connectivity index (χ2v) is 3.58. The van der Waals surface area contributed by atoms with Crippen LogP contribution < -0.4 is 15.8 Å². The predicted octanol–water partition coefficient (Wildman–Crippen LogP) is 0.656. The average Bonchev–Trinajstić information content (AvgIpc) is 2.27. The van der Waals surface area contributed by atoms with Crippen molar-refractivity contribution in [3.63, 3.8) is 0 Å². The van der Waals surface area contributed by atoms with Gasteiger partial charge in [-0.3, -0.25) is 10.1 Å². The lowest BCUT2D eigenvalue weighted by Gasteiger charge is -2.26. The zero-order valence-electron chi connectivity index (χ0n) is 8.62. The fourth-order valence-electron chi connectivity index (χ4n) is 1.86. The molecular weight excluding hydrogens is 192 g/mol. The highest BCUT2D eigenvalue weighted by atomic mass is 16.5. The number of ether oxygens (including phenoxy) is 1. The monoisotopic (exact) mass is 206 g/mol. The van der Waals surface area contributed by atoms with Crippen LogP contribution in [0.4, 0.5) is 0 Å². The first-order chi connectivity index (χ1) is 7.22. The smallest absolute Gasteiger partial charge is 0.249 e. The van der Waals surface area contributed by atoms with Crippen LogP contribution in [0.25, 0.3) is 0 Å². The Labute approximate surface area is 88.4 Å². The molecule has 0 saturated heterocycles.